The predicted molar refractivity (Wildman–Crippen MR) is 80.1 cm³/mol. The second-order valence-corrected chi connectivity index (χ2v) is 4.91. The van der Waals surface area contributed by atoms with E-state index in [1.165, 1.54) is 13.2 Å². The van der Waals surface area contributed by atoms with Gasteiger partial charge in [-0.2, -0.15) is 0 Å². The summed E-state index contributed by atoms with van der Waals surface area (Å²) in [6.45, 7) is 1.37. The first-order valence-electron chi connectivity index (χ1n) is 7.09. The predicted octanol–water partition coefficient (Wildman–Crippen LogP) is 3.03. The van der Waals surface area contributed by atoms with Gasteiger partial charge < -0.3 is 24.1 Å². The molecule has 116 valence electrons. The van der Waals surface area contributed by atoms with Crippen LogP contribution in [0, 0.1) is 0 Å². The summed E-state index contributed by atoms with van der Waals surface area (Å²) in [5.74, 6) is 1.05. The van der Waals surface area contributed by atoms with Crippen LogP contribution >= 0.6 is 0 Å². The monoisotopic (exact) mass is 302 g/mol. The van der Waals surface area contributed by atoms with Gasteiger partial charge in [0, 0.05) is 12.1 Å². The van der Waals surface area contributed by atoms with Gasteiger partial charge in [0.1, 0.15) is 23.9 Å². The van der Waals surface area contributed by atoms with Gasteiger partial charge in [0.15, 0.2) is 6.29 Å². The number of aromatic hydroxyl groups is 1. The number of hydrogen-bond acceptors (Lipinski definition) is 5. The van der Waals surface area contributed by atoms with E-state index >= 15 is 0 Å². The summed E-state index contributed by atoms with van der Waals surface area (Å²) in [5.41, 5.74) is 1.53. The molecular formula is C17H18O5. The zero-order valence-corrected chi connectivity index (χ0v) is 12.3. The van der Waals surface area contributed by atoms with Crippen LogP contribution in [0.1, 0.15) is 17.4 Å². The van der Waals surface area contributed by atoms with E-state index in [0.717, 1.165) is 5.56 Å². The Morgan fingerprint density at radius 3 is 2.55 bits per heavy atom. The summed E-state index contributed by atoms with van der Waals surface area (Å²) in [6, 6.07) is 13.0. The van der Waals surface area contributed by atoms with Crippen molar-refractivity contribution in [2.24, 2.45) is 0 Å². The zero-order chi connectivity index (χ0) is 15.4. The third-order valence-corrected chi connectivity index (χ3v) is 3.42. The van der Waals surface area contributed by atoms with Crippen LogP contribution in [-0.4, -0.2) is 25.4 Å². The fourth-order valence-corrected chi connectivity index (χ4v) is 2.32. The van der Waals surface area contributed by atoms with Crippen LogP contribution < -0.4 is 9.47 Å². The molecule has 0 spiro atoms. The smallest absolute Gasteiger partial charge is 0.191 e. The fraction of sp³-hybridized carbons (Fsp3) is 0.294. The number of phenols is 1. The van der Waals surface area contributed by atoms with E-state index in [1.54, 1.807) is 6.07 Å². The van der Waals surface area contributed by atoms with Gasteiger partial charge in [0.05, 0.1) is 25.9 Å². The second kappa shape index (κ2) is 6.68. The van der Waals surface area contributed by atoms with Crippen LogP contribution in [-0.2, 0) is 16.1 Å². The van der Waals surface area contributed by atoms with Gasteiger partial charge in [-0.1, -0.05) is 30.3 Å². The van der Waals surface area contributed by atoms with Crippen molar-refractivity contribution in [3.05, 3.63) is 53.6 Å². The molecule has 0 aromatic heterocycles. The van der Waals surface area contributed by atoms with Gasteiger partial charge in [-0.25, -0.2) is 0 Å². The van der Waals surface area contributed by atoms with Gasteiger partial charge in [-0.3, -0.25) is 0 Å². The number of hydrogen-bond donors (Lipinski definition) is 1. The molecule has 0 amide bonds. The Labute approximate surface area is 129 Å². The lowest BCUT2D eigenvalue weighted by molar-refractivity contribution is -0.0473. The first-order valence-corrected chi connectivity index (χ1v) is 7.09. The van der Waals surface area contributed by atoms with Crippen molar-refractivity contribution in [3.63, 3.8) is 0 Å². The molecular weight excluding hydrogens is 284 g/mol. The minimum atomic E-state index is -0.614. The third-order valence-electron chi connectivity index (χ3n) is 3.42. The van der Waals surface area contributed by atoms with Gasteiger partial charge in [0.2, 0.25) is 0 Å². The summed E-state index contributed by atoms with van der Waals surface area (Å²) in [5, 5.41) is 10.2. The van der Waals surface area contributed by atoms with Crippen LogP contribution in [0.5, 0.6) is 17.2 Å². The maximum Gasteiger partial charge on any atom is 0.191 e. The van der Waals surface area contributed by atoms with Crippen molar-refractivity contribution in [2.75, 3.05) is 20.3 Å². The first-order chi connectivity index (χ1) is 10.8. The number of ether oxygens (including phenoxy) is 4. The Balaban J connectivity index is 1.88. The molecule has 1 aliphatic rings. The summed E-state index contributed by atoms with van der Waals surface area (Å²) in [4.78, 5) is 0. The average molecular weight is 302 g/mol. The first kappa shape index (κ1) is 14.7. The van der Waals surface area contributed by atoms with E-state index in [2.05, 4.69) is 0 Å². The summed E-state index contributed by atoms with van der Waals surface area (Å²) in [6.07, 6.45) is -0.614. The lowest BCUT2D eigenvalue weighted by Gasteiger charge is -2.18. The molecule has 0 bridgehead atoms. The Hall–Kier alpha value is -2.24. The topological polar surface area (TPSA) is 57.2 Å². The molecule has 0 radical (unpaired) electrons. The van der Waals surface area contributed by atoms with E-state index < -0.39 is 6.29 Å². The largest absolute Gasteiger partial charge is 0.507 e. The summed E-state index contributed by atoms with van der Waals surface area (Å²) < 4.78 is 22.0. The molecule has 1 heterocycles. The minimum Gasteiger partial charge on any atom is -0.507 e. The van der Waals surface area contributed by atoms with Crippen LogP contribution in [0.25, 0.3) is 0 Å². The highest BCUT2D eigenvalue weighted by molar-refractivity contribution is 5.51. The van der Waals surface area contributed by atoms with Crippen LogP contribution in [0.4, 0.5) is 0 Å². The van der Waals surface area contributed by atoms with Crippen LogP contribution in [0.2, 0.25) is 0 Å². The van der Waals surface area contributed by atoms with E-state index in [-0.39, 0.29) is 5.75 Å². The average Bonchev–Trinajstić information content (AvgIpc) is 3.07. The van der Waals surface area contributed by atoms with Crippen LogP contribution in [0.3, 0.4) is 0 Å². The zero-order valence-electron chi connectivity index (χ0n) is 12.3. The van der Waals surface area contributed by atoms with E-state index in [1.807, 2.05) is 30.3 Å². The number of methoxy groups -OCH3 is 1. The standard InChI is InChI=1S/C17H18O5/c1-19-13-9-14(18)16(17-20-7-8-21-17)15(10-13)22-11-12-5-3-2-4-6-12/h2-6,9-10,17-18H,7-8,11H2,1H3. The summed E-state index contributed by atoms with van der Waals surface area (Å²) in [7, 11) is 1.54. The van der Waals surface area contributed by atoms with Crippen molar-refractivity contribution < 1.29 is 24.1 Å². The number of phenolic OH excluding ortho intramolecular Hbond substituents is 1. The maximum atomic E-state index is 10.2. The maximum absolute atomic E-state index is 10.2. The molecule has 5 heteroatoms. The molecule has 0 atom stereocenters. The quantitative estimate of drug-likeness (QED) is 0.920. The van der Waals surface area contributed by atoms with E-state index in [9.17, 15) is 5.11 Å². The number of benzene rings is 2. The molecule has 2 aromatic carbocycles. The van der Waals surface area contributed by atoms with Gasteiger partial charge in [0.25, 0.3) is 0 Å². The molecule has 5 nitrogen and oxygen atoms in total. The van der Waals surface area contributed by atoms with Gasteiger partial charge in [-0.05, 0) is 5.56 Å². The Morgan fingerprint density at radius 2 is 1.86 bits per heavy atom. The molecule has 1 saturated heterocycles. The van der Waals surface area contributed by atoms with E-state index in [4.69, 9.17) is 18.9 Å². The number of rotatable bonds is 5. The van der Waals surface area contributed by atoms with Crippen molar-refractivity contribution in [1.29, 1.82) is 0 Å². The van der Waals surface area contributed by atoms with Crippen LogP contribution in [0.15, 0.2) is 42.5 Å². The Kier molecular flexibility index (Phi) is 4.46. The fourth-order valence-electron chi connectivity index (χ4n) is 2.32. The summed E-state index contributed by atoms with van der Waals surface area (Å²) >= 11 is 0. The lowest BCUT2D eigenvalue weighted by atomic mass is 10.1. The molecule has 0 unspecified atom stereocenters. The highest BCUT2D eigenvalue weighted by Crippen LogP contribution is 2.41. The highest BCUT2D eigenvalue weighted by atomic mass is 16.7. The SMILES string of the molecule is COc1cc(O)c(C2OCCO2)c(OCc2ccccc2)c1. The molecule has 3 rings (SSSR count). The molecule has 2 aromatic rings. The van der Waals surface area contributed by atoms with Gasteiger partial charge in [-0.15, -0.1) is 0 Å². The van der Waals surface area contributed by atoms with Crippen molar-refractivity contribution in [2.45, 2.75) is 12.9 Å². The van der Waals surface area contributed by atoms with Gasteiger partial charge >= 0.3 is 0 Å². The second-order valence-electron chi connectivity index (χ2n) is 4.91. The van der Waals surface area contributed by atoms with Crippen molar-refractivity contribution in [1.82, 2.24) is 0 Å². The van der Waals surface area contributed by atoms with Crippen molar-refractivity contribution >= 4 is 0 Å². The minimum absolute atomic E-state index is 0.0364. The van der Waals surface area contributed by atoms with Crippen molar-refractivity contribution in [3.8, 4) is 17.2 Å². The Morgan fingerprint density at radius 1 is 1.14 bits per heavy atom. The molecule has 1 fully saturated rings. The van der Waals surface area contributed by atoms with E-state index in [0.29, 0.717) is 36.9 Å². The molecule has 1 aliphatic heterocycles. The molecule has 0 saturated carbocycles. The molecule has 1 N–H and O–H groups in total. The highest BCUT2D eigenvalue weighted by Gasteiger charge is 2.26. The normalized spacial score (nSPS) is 15.0. The molecule has 0 aliphatic carbocycles. The lowest BCUT2D eigenvalue weighted by Crippen LogP contribution is -2.05. The third kappa shape index (κ3) is 3.16. The Bertz CT molecular complexity index is 620. The molecule has 22 heavy (non-hydrogen) atoms.